The number of halogens is 1. The van der Waals surface area contributed by atoms with Crippen LogP contribution in [0.1, 0.15) is 37.0 Å². The van der Waals surface area contributed by atoms with Crippen molar-refractivity contribution in [2.45, 2.75) is 26.7 Å². The van der Waals surface area contributed by atoms with Crippen molar-refractivity contribution in [2.75, 3.05) is 5.01 Å². The number of nitrogens with zero attached hydrogens (tertiary/aromatic N) is 2. The van der Waals surface area contributed by atoms with E-state index in [2.05, 4.69) is 0 Å². The molecule has 134 valence electrons. The molecule has 1 aliphatic rings. The van der Waals surface area contributed by atoms with Crippen LogP contribution in [0.3, 0.4) is 0 Å². The maximum atomic E-state index is 13.2. The van der Waals surface area contributed by atoms with Crippen LogP contribution < -0.4 is 5.01 Å². The van der Waals surface area contributed by atoms with Gasteiger partial charge in [0.2, 0.25) is 0 Å². The highest BCUT2D eigenvalue weighted by molar-refractivity contribution is 6.30. The van der Waals surface area contributed by atoms with Gasteiger partial charge in [-0.1, -0.05) is 43.6 Å². The van der Waals surface area contributed by atoms with E-state index in [1.165, 1.54) is 5.01 Å². The minimum absolute atomic E-state index is 0.291. The van der Waals surface area contributed by atoms with E-state index in [4.69, 9.17) is 11.6 Å². The molecular formula is C20H19ClN2O3. The van der Waals surface area contributed by atoms with Gasteiger partial charge >= 0.3 is 0 Å². The lowest BCUT2D eigenvalue weighted by Gasteiger charge is -2.25. The molecule has 3 amide bonds. The number of carbonyl (C=O) groups is 3. The number of hydrogen-bond acceptors (Lipinski definition) is 3. The molecule has 0 radical (unpaired) electrons. The average Bonchev–Trinajstić information content (AvgIpc) is 2.89. The van der Waals surface area contributed by atoms with Crippen molar-refractivity contribution < 1.29 is 14.4 Å². The molecule has 1 heterocycles. The van der Waals surface area contributed by atoms with Crippen LogP contribution in [-0.2, 0) is 9.59 Å². The number of para-hydroxylation sites is 1. The Morgan fingerprint density at radius 3 is 2.04 bits per heavy atom. The van der Waals surface area contributed by atoms with Crippen LogP contribution in [0.15, 0.2) is 54.6 Å². The lowest BCUT2D eigenvalue weighted by atomic mass is 9.81. The molecule has 3 rings (SSSR count). The second-order valence-corrected chi connectivity index (χ2v) is 6.61. The number of hydrogen-bond donors (Lipinski definition) is 0. The third-order valence-corrected chi connectivity index (χ3v) is 5.15. The van der Waals surface area contributed by atoms with E-state index in [-0.39, 0.29) is 5.91 Å². The summed E-state index contributed by atoms with van der Waals surface area (Å²) in [5.74, 6) is -1.41. The van der Waals surface area contributed by atoms with Crippen molar-refractivity contribution in [3.05, 3.63) is 65.2 Å². The molecule has 0 N–H and O–H groups in total. The minimum atomic E-state index is -1.22. The van der Waals surface area contributed by atoms with Gasteiger partial charge in [-0.05, 0) is 49.2 Å². The van der Waals surface area contributed by atoms with Gasteiger partial charge in [-0.2, -0.15) is 5.01 Å². The Labute approximate surface area is 157 Å². The van der Waals surface area contributed by atoms with E-state index >= 15 is 0 Å². The lowest BCUT2D eigenvalue weighted by Crippen LogP contribution is -2.45. The van der Waals surface area contributed by atoms with E-state index < -0.39 is 17.2 Å². The molecule has 0 spiro atoms. The van der Waals surface area contributed by atoms with E-state index in [0.717, 1.165) is 5.01 Å². The van der Waals surface area contributed by atoms with Crippen molar-refractivity contribution >= 4 is 35.0 Å². The number of anilines is 1. The first kappa shape index (κ1) is 18.1. The molecule has 0 unspecified atom stereocenters. The molecule has 0 atom stereocenters. The van der Waals surface area contributed by atoms with E-state index in [1.807, 2.05) is 6.07 Å². The van der Waals surface area contributed by atoms with Gasteiger partial charge in [0.25, 0.3) is 17.7 Å². The Bertz CT molecular complexity index is 845. The summed E-state index contributed by atoms with van der Waals surface area (Å²) in [6.45, 7) is 3.58. The zero-order valence-electron chi connectivity index (χ0n) is 14.6. The Morgan fingerprint density at radius 2 is 1.50 bits per heavy atom. The third kappa shape index (κ3) is 2.69. The summed E-state index contributed by atoms with van der Waals surface area (Å²) in [6, 6.07) is 15.0. The van der Waals surface area contributed by atoms with Crippen LogP contribution >= 0.6 is 11.6 Å². The SMILES string of the molecule is CCC1(CC)C(=O)N(C(=O)c2ccc(Cl)cc2)N(c2ccccc2)C1=O. The molecular weight excluding hydrogens is 352 g/mol. The summed E-state index contributed by atoms with van der Waals surface area (Å²) in [7, 11) is 0. The Morgan fingerprint density at radius 1 is 0.923 bits per heavy atom. The number of benzene rings is 2. The number of amides is 3. The molecule has 1 aliphatic heterocycles. The van der Waals surface area contributed by atoms with Crippen LogP contribution in [0, 0.1) is 5.41 Å². The Balaban J connectivity index is 2.12. The first-order valence-corrected chi connectivity index (χ1v) is 8.88. The van der Waals surface area contributed by atoms with Gasteiger partial charge < -0.3 is 0 Å². The summed E-state index contributed by atoms with van der Waals surface area (Å²) < 4.78 is 0. The molecule has 6 heteroatoms. The summed E-state index contributed by atoms with van der Waals surface area (Å²) in [5.41, 5.74) is -0.450. The average molecular weight is 371 g/mol. The van der Waals surface area contributed by atoms with Gasteiger partial charge in [0.15, 0.2) is 0 Å². The Kier molecular flexibility index (Phi) is 4.83. The van der Waals surface area contributed by atoms with Gasteiger partial charge in [0, 0.05) is 10.6 Å². The fourth-order valence-corrected chi connectivity index (χ4v) is 3.36. The first-order chi connectivity index (χ1) is 12.5. The second kappa shape index (κ2) is 6.92. The third-order valence-electron chi connectivity index (χ3n) is 4.89. The predicted molar refractivity (Wildman–Crippen MR) is 99.6 cm³/mol. The summed E-state index contributed by atoms with van der Waals surface area (Å²) in [5, 5.41) is 2.65. The van der Waals surface area contributed by atoms with Gasteiger partial charge in [-0.25, -0.2) is 5.01 Å². The van der Waals surface area contributed by atoms with Crippen molar-refractivity contribution in [3.63, 3.8) is 0 Å². The second-order valence-electron chi connectivity index (χ2n) is 6.17. The van der Waals surface area contributed by atoms with Crippen LogP contribution in [0.2, 0.25) is 5.02 Å². The number of carbonyl (C=O) groups excluding carboxylic acids is 3. The smallest absolute Gasteiger partial charge is 0.271 e. The Hall–Kier alpha value is -2.66. The number of rotatable bonds is 4. The standard InChI is InChI=1S/C20H19ClN2O3/c1-3-20(4-2)18(25)22(16-8-6-5-7-9-16)23(19(20)26)17(24)14-10-12-15(21)13-11-14/h5-13H,3-4H2,1-2H3. The normalized spacial score (nSPS) is 16.3. The highest BCUT2D eigenvalue weighted by Gasteiger charge is 2.58. The molecule has 0 saturated carbocycles. The fourth-order valence-electron chi connectivity index (χ4n) is 3.23. The summed E-state index contributed by atoms with van der Waals surface area (Å²) in [4.78, 5) is 39.5. The van der Waals surface area contributed by atoms with E-state index in [0.29, 0.717) is 29.1 Å². The maximum Gasteiger partial charge on any atom is 0.280 e. The van der Waals surface area contributed by atoms with Gasteiger partial charge in [-0.15, -0.1) is 0 Å². The van der Waals surface area contributed by atoms with E-state index in [1.54, 1.807) is 62.4 Å². The van der Waals surface area contributed by atoms with E-state index in [9.17, 15) is 14.4 Å². The molecule has 26 heavy (non-hydrogen) atoms. The lowest BCUT2D eigenvalue weighted by molar-refractivity contribution is -0.138. The quantitative estimate of drug-likeness (QED) is 0.602. The number of imide groups is 1. The van der Waals surface area contributed by atoms with Gasteiger partial charge in [0.05, 0.1) is 5.69 Å². The van der Waals surface area contributed by atoms with Gasteiger partial charge in [-0.3, -0.25) is 14.4 Å². The molecule has 2 aromatic carbocycles. The predicted octanol–water partition coefficient (Wildman–Crippen LogP) is 4.08. The zero-order chi connectivity index (χ0) is 18.9. The van der Waals surface area contributed by atoms with Crippen LogP contribution in [0.4, 0.5) is 5.69 Å². The zero-order valence-corrected chi connectivity index (χ0v) is 15.4. The highest BCUT2D eigenvalue weighted by atomic mass is 35.5. The molecule has 0 aromatic heterocycles. The monoisotopic (exact) mass is 370 g/mol. The van der Waals surface area contributed by atoms with Crippen molar-refractivity contribution in [2.24, 2.45) is 5.41 Å². The molecule has 0 aliphatic carbocycles. The highest BCUT2D eigenvalue weighted by Crippen LogP contribution is 2.41. The minimum Gasteiger partial charge on any atom is -0.271 e. The summed E-state index contributed by atoms with van der Waals surface area (Å²) in [6.07, 6.45) is 0.657. The molecule has 1 saturated heterocycles. The molecule has 0 bridgehead atoms. The van der Waals surface area contributed by atoms with Crippen molar-refractivity contribution in [1.29, 1.82) is 0 Å². The van der Waals surface area contributed by atoms with Crippen LogP contribution in [0.25, 0.3) is 0 Å². The summed E-state index contributed by atoms with van der Waals surface area (Å²) >= 11 is 5.89. The van der Waals surface area contributed by atoms with Crippen LogP contribution in [-0.4, -0.2) is 22.7 Å². The maximum absolute atomic E-state index is 13.2. The number of hydrazine groups is 1. The van der Waals surface area contributed by atoms with Crippen LogP contribution in [0.5, 0.6) is 0 Å². The largest absolute Gasteiger partial charge is 0.280 e. The van der Waals surface area contributed by atoms with Crippen molar-refractivity contribution in [1.82, 2.24) is 5.01 Å². The fraction of sp³-hybridized carbons (Fsp3) is 0.250. The molecule has 2 aromatic rings. The van der Waals surface area contributed by atoms with Crippen molar-refractivity contribution in [3.8, 4) is 0 Å². The molecule has 1 fully saturated rings. The topological polar surface area (TPSA) is 57.7 Å². The first-order valence-electron chi connectivity index (χ1n) is 8.50. The molecule has 5 nitrogen and oxygen atoms in total. The van der Waals surface area contributed by atoms with Gasteiger partial charge in [0.1, 0.15) is 5.41 Å².